The summed E-state index contributed by atoms with van der Waals surface area (Å²) in [6.45, 7) is 0.139. The van der Waals surface area contributed by atoms with E-state index in [-0.39, 0.29) is 47.8 Å². The first kappa shape index (κ1) is 20.9. The van der Waals surface area contributed by atoms with Crippen LogP contribution in [0.1, 0.15) is 17.5 Å². The van der Waals surface area contributed by atoms with Crippen LogP contribution in [0.15, 0.2) is 59.7 Å². The van der Waals surface area contributed by atoms with Crippen molar-refractivity contribution in [2.24, 2.45) is 28.8 Å². The van der Waals surface area contributed by atoms with Gasteiger partial charge in [-0.15, -0.1) is 0 Å². The van der Waals surface area contributed by atoms with Gasteiger partial charge in [-0.25, -0.2) is 0 Å². The maximum Gasteiger partial charge on any atom is 0.269 e. The lowest BCUT2D eigenvalue weighted by Crippen LogP contribution is -2.28. The topological polar surface area (TPSA) is 111 Å². The Kier molecular flexibility index (Phi) is 5.16. The number of para-hydroxylation sites is 1. The number of allylic oxidation sites excluding steroid dienone is 2. The Labute approximate surface area is 189 Å². The van der Waals surface area contributed by atoms with Crippen LogP contribution in [0.3, 0.4) is 0 Å². The van der Waals surface area contributed by atoms with E-state index in [9.17, 15) is 19.7 Å². The number of carbonyl (C=O) groups excluding carboxylic acids is 2. The molecule has 0 spiro atoms. The second-order valence-electron chi connectivity index (χ2n) is 8.32. The minimum atomic E-state index is -0.462. The van der Waals surface area contributed by atoms with Crippen molar-refractivity contribution in [3.63, 3.8) is 0 Å². The van der Waals surface area contributed by atoms with Gasteiger partial charge in [0.15, 0.2) is 11.5 Å². The second-order valence-corrected chi connectivity index (χ2v) is 8.32. The molecule has 2 aliphatic carbocycles. The fourth-order valence-corrected chi connectivity index (χ4v) is 4.94. The fourth-order valence-electron chi connectivity index (χ4n) is 4.94. The normalized spacial score (nSPS) is 25.2. The number of nitro groups is 1. The number of non-ortho nitro benzene ring substituents is 1. The van der Waals surface area contributed by atoms with Crippen molar-refractivity contribution in [3.8, 4) is 11.5 Å². The Balaban J connectivity index is 1.36. The Bertz CT molecular complexity index is 1160. The minimum absolute atomic E-state index is 0.00258. The van der Waals surface area contributed by atoms with Crippen LogP contribution in [0.5, 0.6) is 11.5 Å². The number of imide groups is 1. The molecule has 0 radical (unpaired) electrons. The fraction of sp³-hybridized carbons (Fsp3) is 0.292. The first-order valence-electron chi connectivity index (χ1n) is 10.6. The highest BCUT2D eigenvalue weighted by Crippen LogP contribution is 2.52. The van der Waals surface area contributed by atoms with E-state index in [1.165, 1.54) is 25.5 Å². The maximum absolute atomic E-state index is 12.9. The number of hydrazone groups is 1. The van der Waals surface area contributed by atoms with Crippen LogP contribution in [0.2, 0.25) is 0 Å². The van der Waals surface area contributed by atoms with Gasteiger partial charge in [0.05, 0.1) is 30.1 Å². The molecule has 168 valence electrons. The zero-order chi connectivity index (χ0) is 23.1. The first-order chi connectivity index (χ1) is 16.0. The van der Waals surface area contributed by atoms with E-state index in [1.54, 1.807) is 30.3 Å². The molecule has 2 amide bonds. The maximum atomic E-state index is 12.9. The Morgan fingerprint density at radius 3 is 2.36 bits per heavy atom. The highest BCUT2D eigenvalue weighted by molar-refractivity contribution is 6.07. The molecule has 2 bridgehead atoms. The van der Waals surface area contributed by atoms with Crippen LogP contribution in [-0.2, 0) is 16.2 Å². The Hall–Kier alpha value is -4.01. The van der Waals surface area contributed by atoms with Gasteiger partial charge in [0.25, 0.3) is 17.5 Å². The summed E-state index contributed by atoms with van der Waals surface area (Å²) >= 11 is 0. The van der Waals surface area contributed by atoms with Gasteiger partial charge in [-0.1, -0.05) is 18.2 Å². The lowest BCUT2D eigenvalue weighted by atomic mass is 9.85. The molecule has 33 heavy (non-hydrogen) atoms. The summed E-state index contributed by atoms with van der Waals surface area (Å²) in [5.41, 5.74) is 1.27. The number of ether oxygens (including phenoxy) is 2. The van der Waals surface area contributed by atoms with Gasteiger partial charge in [0.1, 0.15) is 6.61 Å². The summed E-state index contributed by atoms with van der Waals surface area (Å²) in [5, 5.41) is 16.1. The molecule has 5 rings (SSSR count). The quantitative estimate of drug-likeness (QED) is 0.212. The zero-order valence-corrected chi connectivity index (χ0v) is 17.8. The van der Waals surface area contributed by atoms with E-state index in [1.807, 2.05) is 12.2 Å². The third-order valence-electron chi connectivity index (χ3n) is 6.52. The molecular formula is C24H21N3O6. The lowest BCUT2D eigenvalue weighted by Gasteiger charge is -2.14. The molecule has 2 aromatic rings. The molecule has 2 aromatic carbocycles. The van der Waals surface area contributed by atoms with Crippen molar-refractivity contribution >= 4 is 23.7 Å². The number of fused-ring (bicyclic) bond motifs is 5. The van der Waals surface area contributed by atoms with Gasteiger partial charge in [-0.05, 0) is 48.1 Å². The van der Waals surface area contributed by atoms with E-state index < -0.39 is 4.92 Å². The number of rotatable bonds is 7. The van der Waals surface area contributed by atoms with E-state index in [4.69, 9.17) is 9.47 Å². The predicted octanol–water partition coefficient (Wildman–Crippen LogP) is 3.32. The van der Waals surface area contributed by atoms with Gasteiger partial charge in [-0.3, -0.25) is 19.7 Å². The zero-order valence-electron chi connectivity index (χ0n) is 17.8. The summed E-state index contributed by atoms with van der Waals surface area (Å²) < 4.78 is 11.4. The molecule has 0 N–H and O–H groups in total. The van der Waals surface area contributed by atoms with Gasteiger partial charge >= 0.3 is 0 Å². The molecule has 1 saturated heterocycles. The van der Waals surface area contributed by atoms with E-state index in [2.05, 4.69) is 5.10 Å². The summed E-state index contributed by atoms with van der Waals surface area (Å²) in [6.07, 6.45) is 6.37. The monoisotopic (exact) mass is 447 g/mol. The predicted molar refractivity (Wildman–Crippen MR) is 118 cm³/mol. The van der Waals surface area contributed by atoms with Crippen molar-refractivity contribution in [1.29, 1.82) is 0 Å². The van der Waals surface area contributed by atoms with Gasteiger partial charge < -0.3 is 9.47 Å². The molecular weight excluding hydrogens is 426 g/mol. The van der Waals surface area contributed by atoms with Crippen molar-refractivity contribution in [1.82, 2.24) is 5.01 Å². The number of benzene rings is 2. The largest absolute Gasteiger partial charge is 0.493 e. The van der Waals surface area contributed by atoms with Crippen LogP contribution in [0.25, 0.3) is 0 Å². The van der Waals surface area contributed by atoms with Crippen molar-refractivity contribution in [2.45, 2.75) is 13.0 Å². The van der Waals surface area contributed by atoms with Crippen molar-refractivity contribution in [3.05, 3.63) is 75.9 Å². The number of methoxy groups -OCH3 is 1. The number of nitrogens with zero attached hydrogens (tertiary/aromatic N) is 3. The highest BCUT2D eigenvalue weighted by atomic mass is 16.6. The summed E-state index contributed by atoms with van der Waals surface area (Å²) in [4.78, 5) is 36.1. The Morgan fingerprint density at radius 1 is 1.09 bits per heavy atom. The minimum Gasteiger partial charge on any atom is -0.493 e. The van der Waals surface area contributed by atoms with Crippen LogP contribution in [0.4, 0.5) is 5.69 Å². The first-order valence-corrected chi connectivity index (χ1v) is 10.6. The molecule has 4 atom stereocenters. The van der Waals surface area contributed by atoms with Gasteiger partial charge in [-0.2, -0.15) is 10.1 Å². The Morgan fingerprint density at radius 2 is 1.76 bits per heavy atom. The number of hydrogen-bond donors (Lipinski definition) is 0. The van der Waals surface area contributed by atoms with Crippen LogP contribution >= 0.6 is 0 Å². The molecule has 0 unspecified atom stereocenters. The number of carbonyl (C=O) groups is 2. The third-order valence-corrected chi connectivity index (χ3v) is 6.52. The molecule has 0 aromatic heterocycles. The van der Waals surface area contributed by atoms with Gasteiger partial charge in [0, 0.05) is 17.7 Å². The molecule has 3 aliphatic rings. The van der Waals surface area contributed by atoms with Crippen LogP contribution < -0.4 is 9.47 Å². The standard InChI is InChI=1S/C24H21N3O6/c1-32-19-4-2-3-17(22(19)33-13-14-5-9-18(10-6-14)27(30)31)12-25-26-23(28)20-15-7-8-16(11-15)21(20)24(26)29/h2-10,12,15-16,20-21H,11,13H2,1H3/t15-,16-,20-,21+/m0/s1. The smallest absolute Gasteiger partial charge is 0.269 e. The second kappa shape index (κ2) is 8.16. The number of nitro benzene ring substituents is 1. The number of hydrogen-bond acceptors (Lipinski definition) is 7. The molecule has 9 nitrogen and oxygen atoms in total. The van der Waals surface area contributed by atoms with Crippen LogP contribution in [0, 0.1) is 33.8 Å². The van der Waals surface area contributed by atoms with Gasteiger partial charge in [0.2, 0.25) is 0 Å². The molecule has 1 aliphatic heterocycles. The average Bonchev–Trinajstić information content (AvgIpc) is 3.51. The van der Waals surface area contributed by atoms with E-state index in [0.29, 0.717) is 17.1 Å². The third kappa shape index (κ3) is 3.55. The summed E-state index contributed by atoms with van der Waals surface area (Å²) in [5.74, 6) is -0.0466. The average molecular weight is 447 g/mol. The summed E-state index contributed by atoms with van der Waals surface area (Å²) in [6, 6.07) is 11.3. The molecule has 9 heteroatoms. The molecule has 2 fully saturated rings. The highest BCUT2D eigenvalue weighted by Gasteiger charge is 2.59. The lowest BCUT2D eigenvalue weighted by molar-refractivity contribution is -0.384. The summed E-state index contributed by atoms with van der Waals surface area (Å²) in [7, 11) is 1.51. The molecule has 1 heterocycles. The van der Waals surface area contributed by atoms with Crippen molar-refractivity contribution < 1.29 is 24.0 Å². The van der Waals surface area contributed by atoms with E-state index in [0.717, 1.165) is 17.0 Å². The van der Waals surface area contributed by atoms with Crippen molar-refractivity contribution in [2.75, 3.05) is 7.11 Å². The SMILES string of the molecule is COc1cccc(C=NN2C(=O)[C@@H]3[C@H](C2=O)[C@H]2C=C[C@H]3C2)c1OCc1ccc([N+](=O)[O-])cc1. The molecule has 1 saturated carbocycles. The number of amides is 2. The van der Waals surface area contributed by atoms with Crippen LogP contribution in [-0.4, -0.2) is 35.1 Å². The van der Waals surface area contributed by atoms with E-state index >= 15 is 0 Å².